The van der Waals surface area contributed by atoms with Crippen molar-refractivity contribution in [2.24, 2.45) is 5.41 Å². The molecule has 1 aromatic heterocycles. The van der Waals surface area contributed by atoms with Gasteiger partial charge in [-0.2, -0.15) is 0 Å². The van der Waals surface area contributed by atoms with Crippen molar-refractivity contribution in [3.63, 3.8) is 0 Å². The number of carbonyl (C=O) groups is 1. The number of hydrogen-bond acceptors (Lipinski definition) is 3. The Kier molecular flexibility index (Phi) is 4.65. The highest BCUT2D eigenvalue weighted by atomic mass is 16.5. The van der Waals surface area contributed by atoms with Gasteiger partial charge < -0.3 is 4.74 Å². The van der Waals surface area contributed by atoms with Gasteiger partial charge in [0, 0.05) is 11.1 Å². The molecule has 0 N–H and O–H groups in total. The average molecular weight is 297 g/mol. The Morgan fingerprint density at radius 2 is 2.05 bits per heavy atom. The number of hydrogen-bond donors (Lipinski definition) is 0. The number of pyridine rings is 1. The van der Waals surface area contributed by atoms with E-state index in [0.717, 1.165) is 28.6 Å². The number of aryl methyl sites for hydroxylation is 2. The van der Waals surface area contributed by atoms with E-state index in [2.05, 4.69) is 32.0 Å². The molecule has 0 saturated heterocycles. The van der Waals surface area contributed by atoms with Crippen molar-refractivity contribution < 1.29 is 9.53 Å². The van der Waals surface area contributed by atoms with Crippen molar-refractivity contribution in [1.29, 1.82) is 0 Å². The van der Waals surface area contributed by atoms with E-state index in [0.29, 0.717) is 0 Å². The minimum Gasteiger partial charge on any atom is -0.468 e. The van der Waals surface area contributed by atoms with Gasteiger partial charge in [0.2, 0.25) is 0 Å². The van der Waals surface area contributed by atoms with Gasteiger partial charge in [0.25, 0.3) is 0 Å². The Balaban J connectivity index is 2.37. The quantitative estimate of drug-likeness (QED) is 0.789. The smallest absolute Gasteiger partial charge is 0.315 e. The summed E-state index contributed by atoms with van der Waals surface area (Å²) in [6, 6.07) is 8.34. The summed E-state index contributed by atoms with van der Waals surface area (Å²) in [6.07, 6.45) is 4.75. The highest BCUT2D eigenvalue weighted by Gasteiger charge is 2.24. The fourth-order valence-electron chi connectivity index (χ4n) is 2.43. The maximum absolute atomic E-state index is 11.7. The van der Waals surface area contributed by atoms with Crippen LogP contribution in [0, 0.1) is 12.3 Å². The van der Waals surface area contributed by atoms with Crippen LogP contribution in [-0.2, 0) is 16.0 Å². The van der Waals surface area contributed by atoms with Gasteiger partial charge in [-0.25, -0.2) is 0 Å². The van der Waals surface area contributed by atoms with Gasteiger partial charge >= 0.3 is 5.97 Å². The molecule has 1 heterocycles. The lowest BCUT2D eigenvalue weighted by atomic mass is 9.92. The largest absolute Gasteiger partial charge is 0.468 e. The summed E-state index contributed by atoms with van der Waals surface area (Å²) in [6.45, 7) is 7.89. The molecule has 0 spiro atoms. The number of carbonyl (C=O) groups excluding carboxylic acids is 1. The number of methoxy groups -OCH3 is 1. The van der Waals surface area contributed by atoms with Crippen LogP contribution in [0.5, 0.6) is 0 Å². The third-order valence-electron chi connectivity index (χ3n) is 3.88. The summed E-state index contributed by atoms with van der Waals surface area (Å²) in [5, 5.41) is 1.14. The van der Waals surface area contributed by atoms with E-state index in [-0.39, 0.29) is 5.97 Å². The fourth-order valence-corrected chi connectivity index (χ4v) is 2.43. The molecule has 1 aromatic carbocycles. The van der Waals surface area contributed by atoms with Crippen LogP contribution in [0.2, 0.25) is 0 Å². The van der Waals surface area contributed by atoms with Crippen molar-refractivity contribution in [2.45, 2.75) is 34.1 Å². The second-order valence-electron chi connectivity index (χ2n) is 6.10. The van der Waals surface area contributed by atoms with Crippen molar-refractivity contribution in [3.8, 4) is 0 Å². The van der Waals surface area contributed by atoms with E-state index in [4.69, 9.17) is 9.72 Å². The Hall–Kier alpha value is -2.16. The zero-order chi connectivity index (χ0) is 16.3. The SMILES string of the molecule is CCc1nc2cc(/C=C/C(C)(C)C(=O)OC)ccc2cc1C. The normalized spacial score (nSPS) is 12.0. The molecule has 22 heavy (non-hydrogen) atoms. The van der Waals surface area contributed by atoms with Crippen LogP contribution in [0.15, 0.2) is 30.3 Å². The first-order valence-corrected chi connectivity index (χ1v) is 7.55. The highest BCUT2D eigenvalue weighted by molar-refractivity contribution is 5.83. The molecular formula is C19H23NO2. The molecule has 0 fully saturated rings. The van der Waals surface area contributed by atoms with E-state index >= 15 is 0 Å². The topological polar surface area (TPSA) is 39.2 Å². The maximum atomic E-state index is 11.7. The molecule has 3 heteroatoms. The first-order chi connectivity index (χ1) is 10.4. The van der Waals surface area contributed by atoms with E-state index < -0.39 is 5.41 Å². The minimum atomic E-state index is -0.640. The molecule has 0 bridgehead atoms. The lowest BCUT2D eigenvalue weighted by Crippen LogP contribution is -2.22. The molecule has 0 atom stereocenters. The Morgan fingerprint density at radius 3 is 2.68 bits per heavy atom. The van der Waals surface area contributed by atoms with Gasteiger partial charge in [-0.1, -0.05) is 31.2 Å². The van der Waals surface area contributed by atoms with Crippen LogP contribution < -0.4 is 0 Å². The first kappa shape index (κ1) is 16.2. The zero-order valence-corrected chi connectivity index (χ0v) is 13.9. The van der Waals surface area contributed by atoms with E-state index in [1.165, 1.54) is 12.7 Å². The molecule has 2 aromatic rings. The van der Waals surface area contributed by atoms with Gasteiger partial charge in [-0.3, -0.25) is 9.78 Å². The van der Waals surface area contributed by atoms with Gasteiger partial charge in [0.1, 0.15) is 0 Å². The second-order valence-corrected chi connectivity index (χ2v) is 6.10. The predicted molar refractivity (Wildman–Crippen MR) is 90.7 cm³/mol. The molecule has 0 unspecified atom stereocenters. The van der Waals surface area contributed by atoms with Crippen molar-refractivity contribution in [2.75, 3.05) is 7.11 Å². The predicted octanol–water partition coefficient (Wildman–Crippen LogP) is 4.32. The number of esters is 1. The monoisotopic (exact) mass is 297 g/mol. The number of rotatable bonds is 4. The van der Waals surface area contributed by atoms with Gasteiger partial charge in [0.15, 0.2) is 0 Å². The molecule has 0 aliphatic carbocycles. The minimum absolute atomic E-state index is 0.244. The number of ether oxygens (including phenoxy) is 1. The van der Waals surface area contributed by atoms with Crippen LogP contribution in [0.4, 0.5) is 0 Å². The van der Waals surface area contributed by atoms with Crippen molar-refractivity contribution >= 4 is 22.9 Å². The molecule has 0 amide bonds. The van der Waals surface area contributed by atoms with E-state index in [1.807, 2.05) is 32.1 Å². The summed E-state index contributed by atoms with van der Waals surface area (Å²) in [5.41, 5.74) is 3.73. The third-order valence-corrected chi connectivity index (χ3v) is 3.88. The standard InChI is InChI=1S/C19H23NO2/c1-6-16-13(2)11-15-8-7-14(12-17(15)20-16)9-10-19(3,4)18(21)22-5/h7-12H,6H2,1-5H3/b10-9+. The molecule has 116 valence electrons. The van der Waals surface area contributed by atoms with Gasteiger partial charge in [-0.05, 0) is 50.5 Å². The first-order valence-electron chi connectivity index (χ1n) is 7.55. The Labute approximate surface area is 132 Å². The summed E-state index contributed by atoms with van der Waals surface area (Å²) in [5.74, 6) is -0.244. The van der Waals surface area contributed by atoms with Gasteiger partial charge in [-0.15, -0.1) is 0 Å². The third kappa shape index (κ3) is 3.35. The summed E-state index contributed by atoms with van der Waals surface area (Å²) < 4.78 is 4.81. The highest BCUT2D eigenvalue weighted by Crippen LogP contribution is 2.23. The van der Waals surface area contributed by atoms with Crippen molar-refractivity contribution in [3.05, 3.63) is 47.2 Å². The zero-order valence-electron chi connectivity index (χ0n) is 13.9. The fraction of sp³-hybridized carbons (Fsp3) is 0.368. The summed E-state index contributed by atoms with van der Waals surface area (Å²) >= 11 is 0. The molecule has 2 rings (SSSR count). The molecule has 0 saturated carbocycles. The van der Waals surface area contributed by atoms with Crippen LogP contribution in [-0.4, -0.2) is 18.1 Å². The van der Waals surface area contributed by atoms with Crippen LogP contribution >= 0.6 is 0 Å². The summed E-state index contributed by atoms with van der Waals surface area (Å²) in [7, 11) is 1.41. The second kappa shape index (κ2) is 6.30. The summed E-state index contributed by atoms with van der Waals surface area (Å²) in [4.78, 5) is 16.4. The van der Waals surface area contributed by atoms with Crippen molar-refractivity contribution in [1.82, 2.24) is 4.98 Å². The average Bonchev–Trinajstić information content (AvgIpc) is 2.51. The van der Waals surface area contributed by atoms with Crippen LogP contribution in [0.25, 0.3) is 17.0 Å². The van der Waals surface area contributed by atoms with Crippen LogP contribution in [0.1, 0.15) is 37.6 Å². The van der Waals surface area contributed by atoms with E-state index in [1.54, 1.807) is 0 Å². The Morgan fingerprint density at radius 1 is 1.32 bits per heavy atom. The Bertz CT molecular complexity index is 730. The van der Waals surface area contributed by atoms with Crippen LogP contribution in [0.3, 0.4) is 0 Å². The number of aromatic nitrogens is 1. The molecule has 0 aliphatic heterocycles. The molecule has 0 aliphatic rings. The molecule has 3 nitrogen and oxygen atoms in total. The number of nitrogens with zero attached hydrogens (tertiary/aromatic N) is 1. The number of benzene rings is 1. The van der Waals surface area contributed by atoms with E-state index in [9.17, 15) is 4.79 Å². The molecular weight excluding hydrogens is 274 g/mol. The molecule has 0 radical (unpaired) electrons. The number of fused-ring (bicyclic) bond motifs is 1. The maximum Gasteiger partial charge on any atom is 0.315 e. The van der Waals surface area contributed by atoms with Gasteiger partial charge in [0.05, 0.1) is 18.0 Å². The lowest BCUT2D eigenvalue weighted by molar-refractivity contribution is -0.148. The lowest BCUT2D eigenvalue weighted by Gasteiger charge is -2.16.